The van der Waals surface area contributed by atoms with E-state index in [1.807, 2.05) is 13.8 Å². The van der Waals surface area contributed by atoms with Crippen molar-refractivity contribution in [2.24, 2.45) is 17.6 Å². The molecule has 0 aliphatic heterocycles. The van der Waals surface area contributed by atoms with Crippen LogP contribution in [0.2, 0.25) is 0 Å². The molecule has 1 aliphatic carbocycles. The maximum Gasteiger partial charge on any atom is 0.237 e. The van der Waals surface area contributed by atoms with Gasteiger partial charge < -0.3 is 11.1 Å². The lowest BCUT2D eigenvalue weighted by molar-refractivity contribution is -0.124. The Balaban J connectivity index is 2.38. The number of hydrogen-bond donors (Lipinski definition) is 2. The highest BCUT2D eigenvalue weighted by Crippen LogP contribution is 2.22. The molecule has 3 N–H and O–H groups in total. The van der Waals surface area contributed by atoms with Crippen LogP contribution in [0.25, 0.3) is 0 Å². The molecule has 1 aliphatic rings. The lowest BCUT2D eigenvalue weighted by Gasteiger charge is -2.21. The summed E-state index contributed by atoms with van der Waals surface area (Å²) in [5, 5.41) is 3.10. The van der Waals surface area contributed by atoms with Crippen LogP contribution in [0, 0.1) is 11.8 Å². The van der Waals surface area contributed by atoms with E-state index in [2.05, 4.69) is 12.2 Å². The van der Waals surface area contributed by atoms with Crippen molar-refractivity contribution in [1.29, 1.82) is 0 Å². The van der Waals surface area contributed by atoms with E-state index in [4.69, 9.17) is 5.73 Å². The number of nitrogens with one attached hydrogen (secondary N) is 1. The molecule has 94 valence electrons. The average Bonchev–Trinajstić information content (AvgIpc) is 2.42. The van der Waals surface area contributed by atoms with Crippen LogP contribution in [-0.2, 0) is 4.79 Å². The van der Waals surface area contributed by atoms with Gasteiger partial charge in [0.05, 0.1) is 6.04 Å². The minimum Gasteiger partial charge on any atom is -0.352 e. The lowest BCUT2D eigenvalue weighted by atomic mass is 10.0. The fourth-order valence-corrected chi connectivity index (χ4v) is 2.23. The third-order valence-electron chi connectivity index (χ3n) is 3.62. The number of hydrogen-bond acceptors (Lipinski definition) is 2. The second-order valence-corrected chi connectivity index (χ2v) is 5.59. The molecule has 3 heteroatoms. The van der Waals surface area contributed by atoms with Crippen molar-refractivity contribution in [3.05, 3.63) is 0 Å². The molecular weight excluding hydrogens is 200 g/mol. The third-order valence-corrected chi connectivity index (χ3v) is 3.62. The highest BCUT2D eigenvalue weighted by molar-refractivity contribution is 5.81. The van der Waals surface area contributed by atoms with E-state index in [1.165, 1.54) is 19.3 Å². The molecule has 1 rings (SSSR count). The molecule has 16 heavy (non-hydrogen) atoms. The minimum absolute atomic E-state index is 0.0227. The van der Waals surface area contributed by atoms with Crippen molar-refractivity contribution in [3.63, 3.8) is 0 Å². The van der Waals surface area contributed by atoms with Crippen LogP contribution in [0.5, 0.6) is 0 Å². The third kappa shape index (κ3) is 4.12. The standard InChI is InChI=1S/C13H26N2O/c1-9(2)12(14)13(16)15-11-6-4-5-10(3)7-8-11/h9-12H,4-8,14H2,1-3H3,(H,15,16)/t10?,11?,12-/m0/s1. The Morgan fingerprint density at radius 1 is 1.25 bits per heavy atom. The summed E-state index contributed by atoms with van der Waals surface area (Å²) in [6.07, 6.45) is 5.96. The van der Waals surface area contributed by atoms with E-state index in [0.717, 1.165) is 18.8 Å². The van der Waals surface area contributed by atoms with Gasteiger partial charge in [0, 0.05) is 6.04 Å². The van der Waals surface area contributed by atoms with E-state index in [-0.39, 0.29) is 17.9 Å². The van der Waals surface area contributed by atoms with Gasteiger partial charge in [-0.2, -0.15) is 0 Å². The maximum atomic E-state index is 11.8. The second kappa shape index (κ2) is 6.24. The van der Waals surface area contributed by atoms with E-state index < -0.39 is 0 Å². The highest BCUT2D eigenvalue weighted by Gasteiger charge is 2.22. The summed E-state index contributed by atoms with van der Waals surface area (Å²) in [6.45, 7) is 6.27. The molecule has 0 radical (unpaired) electrons. The highest BCUT2D eigenvalue weighted by atomic mass is 16.2. The Labute approximate surface area is 99.2 Å². The van der Waals surface area contributed by atoms with Crippen LogP contribution in [0.3, 0.4) is 0 Å². The molecule has 0 aromatic carbocycles. The quantitative estimate of drug-likeness (QED) is 0.724. The topological polar surface area (TPSA) is 55.1 Å². The first-order chi connectivity index (χ1) is 7.50. The molecule has 1 saturated carbocycles. The number of carbonyl (C=O) groups is 1. The predicted octanol–water partition coefficient (Wildman–Crippen LogP) is 2.05. The molecule has 0 aromatic rings. The van der Waals surface area contributed by atoms with E-state index in [1.54, 1.807) is 0 Å². The monoisotopic (exact) mass is 226 g/mol. The molecule has 0 heterocycles. The Kier molecular flexibility index (Phi) is 5.26. The van der Waals surface area contributed by atoms with Gasteiger partial charge in [-0.3, -0.25) is 4.79 Å². The van der Waals surface area contributed by atoms with Crippen LogP contribution in [0.4, 0.5) is 0 Å². The second-order valence-electron chi connectivity index (χ2n) is 5.59. The van der Waals surface area contributed by atoms with Crippen LogP contribution in [0.15, 0.2) is 0 Å². The van der Waals surface area contributed by atoms with E-state index in [9.17, 15) is 4.79 Å². The molecule has 0 spiro atoms. The smallest absolute Gasteiger partial charge is 0.237 e. The SMILES string of the molecule is CC1CCCC(NC(=O)[C@@H](N)C(C)C)CC1. The normalized spacial score (nSPS) is 28.6. The van der Waals surface area contributed by atoms with Crippen molar-refractivity contribution in [2.75, 3.05) is 0 Å². The first-order valence-electron chi connectivity index (χ1n) is 6.56. The Morgan fingerprint density at radius 3 is 2.56 bits per heavy atom. The number of carbonyl (C=O) groups excluding carboxylic acids is 1. The fraction of sp³-hybridized carbons (Fsp3) is 0.923. The summed E-state index contributed by atoms with van der Waals surface area (Å²) < 4.78 is 0. The van der Waals surface area contributed by atoms with Gasteiger partial charge in [0.1, 0.15) is 0 Å². The zero-order chi connectivity index (χ0) is 12.1. The molecule has 0 bridgehead atoms. The minimum atomic E-state index is -0.360. The van der Waals surface area contributed by atoms with Gasteiger partial charge in [0.15, 0.2) is 0 Å². The molecule has 1 amide bonds. The largest absolute Gasteiger partial charge is 0.352 e. The summed E-state index contributed by atoms with van der Waals surface area (Å²) in [4.78, 5) is 11.8. The summed E-state index contributed by atoms with van der Waals surface area (Å²) in [5.41, 5.74) is 5.83. The van der Waals surface area contributed by atoms with Crippen LogP contribution >= 0.6 is 0 Å². The molecule has 1 fully saturated rings. The van der Waals surface area contributed by atoms with Crippen molar-refractivity contribution >= 4 is 5.91 Å². The molecule has 3 nitrogen and oxygen atoms in total. The molecule has 3 atom stereocenters. The molecule has 0 aromatic heterocycles. The first kappa shape index (κ1) is 13.5. The summed E-state index contributed by atoms with van der Waals surface area (Å²) in [6, 6.07) is -0.0112. The predicted molar refractivity (Wildman–Crippen MR) is 67.0 cm³/mol. The Hall–Kier alpha value is -0.570. The number of rotatable bonds is 3. The van der Waals surface area contributed by atoms with Crippen LogP contribution in [-0.4, -0.2) is 18.0 Å². The zero-order valence-electron chi connectivity index (χ0n) is 10.8. The van der Waals surface area contributed by atoms with Gasteiger partial charge in [-0.15, -0.1) is 0 Å². The summed E-state index contributed by atoms with van der Waals surface area (Å²) >= 11 is 0. The molecular formula is C13H26N2O. The van der Waals surface area contributed by atoms with E-state index in [0.29, 0.717) is 6.04 Å². The van der Waals surface area contributed by atoms with Crippen LogP contribution in [0.1, 0.15) is 52.9 Å². The van der Waals surface area contributed by atoms with Crippen molar-refractivity contribution < 1.29 is 4.79 Å². The van der Waals surface area contributed by atoms with Gasteiger partial charge >= 0.3 is 0 Å². The first-order valence-corrected chi connectivity index (χ1v) is 6.56. The number of nitrogens with two attached hydrogens (primary N) is 1. The van der Waals surface area contributed by atoms with Crippen LogP contribution < -0.4 is 11.1 Å². The summed E-state index contributed by atoms with van der Waals surface area (Å²) in [7, 11) is 0. The average molecular weight is 226 g/mol. The van der Waals surface area contributed by atoms with Gasteiger partial charge in [-0.05, 0) is 31.1 Å². The van der Waals surface area contributed by atoms with Crippen molar-refractivity contribution in [1.82, 2.24) is 5.32 Å². The number of amides is 1. The maximum absolute atomic E-state index is 11.8. The van der Waals surface area contributed by atoms with Gasteiger partial charge in [0.25, 0.3) is 0 Å². The molecule has 0 saturated heterocycles. The van der Waals surface area contributed by atoms with Crippen molar-refractivity contribution in [2.45, 2.75) is 65.0 Å². The fourth-order valence-electron chi connectivity index (χ4n) is 2.23. The van der Waals surface area contributed by atoms with Gasteiger partial charge in [-0.1, -0.05) is 33.6 Å². The van der Waals surface area contributed by atoms with Gasteiger partial charge in [0.2, 0.25) is 5.91 Å². The van der Waals surface area contributed by atoms with E-state index >= 15 is 0 Å². The van der Waals surface area contributed by atoms with Gasteiger partial charge in [-0.25, -0.2) is 0 Å². The zero-order valence-corrected chi connectivity index (χ0v) is 10.8. The lowest BCUT2D eigenvalue weighted by Crippen LogP contribution is -2.47. The summed E-state index contributed by atoms with van der Waals surface area (Å²) in [5.74, 6) is 1.04. The van der Waals surface area contributed by atoms with Crippen molar-refractivity contribution in [3.8, 4) is 0 Å². The Morgan fingerprint density at radius 2 is 1.94 bits per heavy atom. The molecule has 2 unspecified atom stereocenters. The Bertz CT molecular complexity index is 228.